The Hall–Kier alpha value is -2.83. The minimum Gasteiger partial charge on any atom is -0.497 e. The summed E-state index contributed by atoms with van der Waals surface area (Å²) in [6.45, 7) is 0.00796. The van der Waals surface area contributed by atoms with E-state index in [9.17, 15) is 8.78 Å². The molecule has 0 heterocycles. The topological polar surface area (TPSA) is 54.9 Å². The molecule has 7 heteroatoms. The SMILES string of the molecule is CN=C(NCc1ccc(C)cc1)NCc1ccc(OC)cc1OC(F)F. The summed E-state index contributed by atoms with van der Waals surface area (Å²) in [6, 6.07) is 13.0. The number of halogens is 2. The lowest BCUT2D eigenvalue weighted by Crippen LogP contribution is -2.36. The van der Waals surface area contributed by atoms with Crippen LogP contribution in [-0.2, 0) is 13.1 Å². The Kier molecular flexibility index (Phi) is 7.20. The number of methoxy groups -OCH3 is 1. The van der Waals surface area contributed by atoms with Crippen molar-refractivity contribution < 1.29 is 18.3 Å². The Bertz CT molecular complexity index is 734. The van der Waals surface area contributed by atoms with Crippen LogP contribution in [0, 0.1) is 6.92 Å². The summed E-state index contributed by atoms with van der Waals surface area (Å²) in [5.41, 5.74) is 2.89. The van der Waals surface area contributed by atoms with Gasteiger partial charge in [-0.2, -0.15) is 8.78 Å². The van der Waals surface area contributed by atoms with Crippen LogP contribution in [0.5, 0.6) is 11.5 Å². The van der Waals surface area contributed by atoms with Crippen molar-refractivity contribution in [3.05, 3.63) is 59.2 Å². The quantitative estimate of drug-likeness (QED) is 0.584. The van der Waals surface area contributed by atoms with E-state index in [0.29, 0.717) is 23.8 Å². The van der Waals surface area contributed by atoms with E-state index in [0.717, 1.165) is 5.56 Å². The van der Waals surface area contributed by atoms with E-state index in [1.807, 2.05) is 31.2 Å². The van der Waals surface area contributed by atoms with Crippen molar-refractivity contribution in [2.45, 2.75) is 26.6 Å². The van der Waals surface area contributed by atoms with Gasteiger partial charge in [0, 0.05) is 31.8 Å². The first-order valence-electron chi connectivity index (χ1n) is 8.13. The Balaban J connectivity index is 1.97. The Labute approximate surface area is 152 Å². The lowest BCUT2D eigenvalue weighted by molar-refractivity contribution is -0.0505. The summed E-state index contributed by atoms with van der Waals surface area (Å²) in [7, 11) is 3.12. The highest BCUT2D eigenvalue weighted by molar-refractivity contribution is 5.79. The van der Waals surface area contributed by atoms with Crippen molar-refractivity contribution in [2.24, 2.45) is 4.99 Å². The molecule has 0 fully saturated rings. The number of benzene rings is 2. The second-order valence-electron chi connectivity index (χ2n) is 5.62. The van der Waals surface area contributed by atoms with Crippen molar-refractivity contribution in [3.8, 4) is 11.5 Å². The van der Waals surface area contributed by atoms with Crippen LogP contribution in [0.4, 0.5) is 8.78 Å². The average molecular weight is 363 g/mol. The molecule has 2 aromatic rings. The van der Waals surface area contributed by atoms with Gasteiger partial charge < -0.3 is 20.1 Å². The van der Waals surface area contributed by atoms with E-state index in [1.165, 1.54) is 18.7 Å². The van der Waals surface area contributed by atoms with Gasteiger partial charge in [0.2, 0.25) is 0 Å². The normalized spacial score (nSPS) is 11.4. The summed E-state index contributed by atoms with van der Waals surface area (Å²) in [5.74, 6) is 1.08. The van der Waals surface area contributed by atoms with E-state index in [2.05, 4.69) is 20.4 Å². The molecule has 140 valence electrons. The van der Waals surface area contributed by atoms with Gasteiger partial charge in [0.15, 0.2) is 5.96 Å². The molecule has 0 aromatic heterocycles. The number of rotatable bonds is 7. The zero-order valence-electron chi connectivity index (χ0n) is 15.1. The Morgan fingerprint density at radius 3 is 2.38 bits per heavy atom. The molecule has 2 N–H and O–H groups in total. The van der Waals surface area contributed by atoms with Crippen LogP contribution in [-0.4, -0.2) is 26.7 Å². The van der Waals surface area contributed by atoms with Gasteiger partial charge in [-0.1, -0.05) is 29.8 Å². The smallest absolute Gasteiger partial charge is 0.387 e. The first kappa shape index (κ1) is 19.5. The highest BCUT2D eigenvalue weighted by Crippen LogP contribution is 2.26. The van der Waals surface area contributed by atoms with Crippen LogP contribution >= 0.6 is 0 Å². The number of aliphatic imine (C=N–C) groups is 1. The molecule has 2 rings (SSSR count). The third kappa shape index (κ3) is 5.91. The van der Waals surface area contributed by atoms with Gasteiger partial charge >= 0.3 is 6.61 Å². The molecule has 26 heavy (non-hydrogen) atoms. The summed E-state index contributed by atoms with van der Waals surface area (Å²) in [5, 5.41) is 6.28. The maximum atomic E-state index is 12.6. The third-order valence-corrected chi connectivity index (χ3v) is 3.74. The fourth-order valence-electron chi connectivity index (χ4n) is 2.30. The van der Waals surface area contributed by atoms with Crippen LogP contribution in [0.25, 0.3) is 0 Å². The third-order valence-electron chi connectivity index (χ3n) is 3.74. The monoisotopic (exact) mass is 363 g/mol. The van der Waals surface area contributed by atoms with Crippen LogP contribution in [0.3, 0.4) is 0 Å². The van der Waals surface area contributed by atoms with Gasteiger partial charge in [0.25, 0.3) is 0 Å². The largest absolute Gasteiger partial charge is 0.497 e. The lowest BCUT2D eigenvalue weighted by atomic mass is 10.1. The van der Waals surface area contributed by atoms with Gasteiger partial charge in [0.05, 0.1) is 7.11 Å². The summed E-state index contributed by atoms with van der Waals surface area (Å²) >= 11 is 0. The number of nitrogens with zero attached hydrogens (tertiary/aromatic N) is 1. The van der Waals surface area contributed by atoms with Gasteiger partial charge in [-0.3, -0.25) is 4.99 Å². The molecule has 0 atom stereocenters. The minimum absolute atomic E-state index is 0.0702. The van der Waals surface area contributed by atoms with Crippen molar-refractivity contribution in [3.63, 3.8) is 0 Å². The summed E-state index contributed by atoms with van der Waals surface area (Å²) in [4.78, 5) is 4.14. The first-order chi connectivity index (χ1) is 12.5. The van der Waals surface area contributed by atoms with Crippen LogP contribution in [0.1, 0.15) is 16.7 Å². The minimum atomic E-state index is -2.90. The van der Waals surface area contributed by atoms with Crippen LogP contribution < -0.4 is 20.1 Å². The fraction of sp³-hybridized carbons (Fsp3) is 0.316. The molecule has 0 aliphatic heterocycles. The molecule has 0 unspecified atom stereocenters. The number of ether oxygens (including phenoxy) is 2. The molecular weight excluding hydrogens is 340 g/mol. The van der Waals surface area contributed by atoms with Crippen LogP contribution in [0.2, 0.25) is 0 Å². The number of aryl methyl sites for hydroxylation is 1. The second kappa shape index (κ2) is 9.60. The predicted molar refractivity (Wildman–Crippen MR) is 97.8 cm³/mol. The van der Waals surface area contributed by atoms with E-state index in [4.69, 9.17) is 4.74 Å². The Morgan fingerprint density at radius 1 is 1.08 bits per heavy atom. The summed E-state index contributed by atoms with van der Waals surface area (Å²) in [6.07, 6.45) is 0. The first-order valence-corrected chi connectivity index (χ1v) is 8.13. The van der Waals surface area contributed by atoms with Crippen molar-refractivity contribution in [1.82, 2.24) is 10.6 Å². The second-order valence-corrected chi connectivity index (χ2v) is 5.62. The van der Waals surface area contributed by atoms with E-state index in [1.54, 1.807) is 19.2 Å². The van der Waals surface area contributed by atoms with E-state index < -0.39 is 6.61 Å². The highest BCUT2D eigenvalue weighted by Gasteiger charge is 2.11. The van der Waals surface area contributed by atoms with Crippen molar-refractivity contribution >= 4 is 5.96 Å². The zero-order valence-corrected chi connectivity index (χ0v) is 15.1. The van der Waals surface area contributed by atoms with Crippen LogP contribution in [0.15, 0.2) is 47.5 Å². The molecule has 0 saturated carbocycles. The lowest BCUT2D eigenvalue weighted by Gasteiger charge is -2.15. The number of hydrogen-bond donors (Lipinski definition) is 2. The maximum absolute atomic E-state index is 12.6. The Morgan fingerprint density at radius 2 is 1.77 bits per heavy atom. The van der Waals surface area contributed by atoms with Gasteiger partial charge in [-0.25, -0.2) is 0 Å². The van der Waals surface area contributed by atoms with Gasteiger partial charge in [0.1, 0.15) is 11.5 Å². The van der Waals surface area contributed by atoms with E-state index >= 15 is 0 Å². The molecule has 0 amide bonds. The van der Waals surface area contributed by atoms with Gasteiger partial charge in [-0.05, 0) is 24.6 Å². The fourth-order valence-corrected chi connectivity index (χ4v) is 2.30. The van der Waals surface area contributed by atoms with Crippen molar-refractivity contribution in [2.75, 3.05) is 14.2 Å². The highest BCUT2D eigenvalue weighted by atomic mass is 19.3. The number of hydrogen-bond acceptors (Lipinski definition) is 3. The molecule has 0 saturated heterocycles. The molecule has 0 bridgehead atoms. The number of alkyl halides is 2. The molecule has 5 nitrogen and oxygen atoms in total. The van der Waals surface area contributed by atoms with Gasteiger partial charge in [-0.15, -0.1) is 0 Å². The molecule has 2 aromatic carbocycles. The molecule has 0 spiro atoms. The average Bonchev–Trinajstić information content (AvgIpc) is 2.63. The molecule has 0 radical (unpaired) electrons. The van der Waals surface area contributed by atoms with E-state index in [-0.39, 0.29) is 12.3 Å². The van der Waals surface area contributed by atoms with Crippen molar-refractivity contribution in [1.29, 1.82) is 0 Å². The molecule has 0 aliphatic carbocycles. The number of guanidine groups is 1. The predicted octanol–water partition coefficient (Wildman–Crippen LogP) is 3.47. The zero-order chi connectivity index (χ0) is 18.9. The molecular formula is C19H23F2N3O2. The summed E-state index contributed by atoms with van der Waals surface area (Å²) < 4.78 is 34.9. The number of nitrogens with one attached hydrogen (secondary N) is 2. The molecule has 0 aliphatic rings. The standard InChI is InChI=1S/C19H23F2N3O2/c1-13-4-6-14(7-5-13)11-23-19(22-2)24-12-15-8-9-16(25-3)10-17(15)26-18(20)21/h4-10,18H,11-12H2,1-3H3,(H2,22,23,24). The maximum Gasteiger partial charge on any atom is 0.387 e.